The Kier molecular flexibility index (Phi) is 4.74. The fourth-order valence-corrected chi connectivity index (χ4v) is 6.12. The second-order valence-electron chi connectivity index (χ2n) is 10.6. The van der Waals surface area contributed by atoms with Crippen LogP contribution in [0.1, 0.15) is 67.5 Å². The van der Waals surface area contributed by atoms with E-state index in [2.05, 4.69) is 36.3 Å². The van der Waals surface area contributed by atoms with Gasteiger partial charge in [0.25, 0.3) is 5.91 Å². The summed E-state index contributed by atoms with van der Waals surface area (Å²) in [4.78, 5) is 32.2. The van der Waals surface area contributed by atoms with Crippen LogP contribution in [-0.2, 0) is 5.60 Å². The molecular weight excluding hydrogens is 470 g/mol. The van der Waals surface area contributed by atoms with Crippen molar-refractivity contribution < 1.29 is 9.90 Å². The van der Waals surface area contributed by atoms with Crippen LogP contribution in [0.15, 0.2) is 43.1 Å². The Morgan fingerprint density at radius 1 is 1.11 bits per heavy atom. The van der Waals surface area contributed by atoms with Gasteiger partial charge in [0, 0.05) is 46.9 Å². The average molecular weight is 498 g/mol. The maximum absolute atomic E-state index is 13.1. The Morgan fingerprint density at radius 3 is 2.59 bits per heavy atom. The summed E-state index contributed by atoms with van der Waals surface area (Å²) < 4.78 is 1.84. The molecule has 2 aliphatic rings. The van der Waals surface area contributed by atoms with E-state index in [1.165, 1.54) is 6.33 Å². The number of aliphatic hydroxyl groups is 1. The number of piperidine rings is 1. The fourth-order valence-electron chi connectivity index (χ4n) is 6.12. The van der Waals surface area contributed by atoms with Gasteiger partial charge in [0.2, 0.25) is 5.82 Å². The number of hydrogen-bond acceptors (Lipinski definition) is 7. The third-order valence-corrected chi connectivity index (χ3v) is 7.85. The van der Waals surface area contributed by atoms with E-state index < -0.39 is 5.60 Å². The zero-order valence-corrected chi connectivity index (χ0v) is 20.6. The number of aromatic nitrogens is 8. The minimum absolute atomic E-state index is 0.0949. The lowest BCUT2D eigenvalue weighted by atomic mass is 9.86. The molecule has 0 aromatic carbocycles. The van der Waals surface area contributed by atoms with Gasteiger partial charge < -0.3 is 15.0 Å². The van der Waals surface area contributed by atoms with Crippen molar-refractivity contribution >= 4 is 22.6 Å². The SMILES string of the molecule is CC(C)(O)c1ccc(-c2cnn3c2nc([C@@H]2C[C@H]4CC[C@@H](C2)N4C(=O)c2nc[nH]n2)c2cc[nH]c23)cn1. The quantitative estimate of drug-likeness (QED) is 0.346. The van der Waals surface area contributed by atoms with Crippen LogP contribution >= 0.6 is 0 Å². The van der Waals surface area contributed by atoms with Gasteiger partial charge in [-0.15, -0.1) is 5.10 Å². The van der Waals surface area contributed by atoms with E-state index in [1.807, 2.05) is 33.9 Å². The minimum atomic E-state index is -1.01. The van der Waals surface area contributed by atoms with E-state index >= 15 is 0 Å². The second-order valence-corrected chi connectivity index (χ2v) is 10.6. The minimum Gasteiger partial charge on any atom is -0.384 e. The zero-order valence-electron chi connectivity index (χ0n) is 20.6. The van der Waals surface area contributed by atoms with Crippen molar-refractivity contribution in [2.24, 2.45) is 0 Å². The molecule has 1 amide bonds. The number of pyridine rings is 1. The van der Waals surface area contributed by atoms with Gasteiger partial charge in [0.1, 0.15) is 17.6 Å². The molecule has 0 saturated carbocycles. The second kappa shape index (κ2) is 7.94. The summed E-state index contributed by atoms with van der Waals surface area (Å²) in [6.07, 6.45) is 10.6. The van der Waals surface area contributed by atoms with Crippen LogP contribution in [0.3, 0.4) is 0 Å². The number of fused-ring (bicyclic) bond motifs is 5. The van der Waals surface area contributed by atoms with E-state index in [9.17, 15) is 9.90 Å². The molecule has 0 radical (unpaired) electrons. The first-order chi connectivity index (χ1) is 17.9. The lowest BCUT2D eigenvalue weighted by Gasteiger charge is -2.38. The van der Waals surface area contributed by atoms with Crippen molar-refractivity contribution in [1.82, 2.24) is 44.6 Å². The van der Waals surface area contributed by atoms with Crippen molar-refractivity contribution in [3.63, 3.8) is 0 Å². The average Bonchev–Trinajstić information content (AvgIpc) is 3.68. The fraction of sp³-hybridized carbons (Fsp3) is 0.385. The van der Waals surface area contributed by atoms with Gasteiger partial charge in [-0.3, -0.25) is 14.9 Å². The van der Waals surface area contributed by atoms with Crippen LogP contribution in [0.2, 0.25) is 0 Å². The lowest BCUT2D eigenvalue weighted by molar-refractivity contribution is 0.0558. The maximum Gasteiger partial charge on any atom is 0.294 e. The molecule has 11 heteroatoms. The van der Waals surface area contributed by atoms with Crippen molar-refractivity contribution in [3.05, 3.63) is 60.3 Å². The first kappa shape index (κ1) is 22.1. The van der Waals surface area contributed by atoms with Crippen molar-refractivity contribution in [2.75, 3.05) is 0 Å². The van der Waals surface area contributed by atoms with Crippen LogP contribution < -0.4 is 0 Å². The van der Waals surface area contributed by atoms with E-state index in [-0.39, 0.29) is 29.7 Å². The number of aromatic amines is 2. The predicted octanol–water partition coefficient (Wildman–Crippen LogP) is 3.17. The topological polar surface area (TPSA) is 141 Å². The summed E-state index contributed by atoms with van der Waals surface area (Å²) in [7, 11) is 0. The first-order valence-corrected chi connectivity index (χ1v) is 12.6. The molecule has 2 bridgehead atoms. The molecular formula is C26H27N9O2. The number of nitrogens with zero attached hydrogens (tertiary/aromatic N) is 7. The van der Waals surface area contributed by atoms with E-state index in [1.54, 1.807) is 20.0 Å². The molecule has 7 heterocycles. The third kappa shape index (κ3) is 3.45. The Morgan fingerprint density at radius 2 is 1.92 bits per heavy atom. The van der Waals surface area contributed by atoms with E-state index in [4.69, 9.17) is 4.98 Å². The molecule has 5 aromatic rings. The molecule has 5 aromatic heterocycles. The van der Waals surface area contributed by atoms with E-state index in [0.29, 0.717) is 5.69 Å². The summed E-state index contributed by atoms with van der Waals surface area (Å²) in [5.41, 5.74) is 4.06. The predicted molar refractivity (Wildman–Crippen MR) is 135 cm³/mol. The molecule has 3 atom stereocenters. The molecule has 0 spiro atoms. The first-order valence-electron chi connectivity index (χ1n) is 12.6. The largest absolute Gasteiger partial charge is 0.384 e. The Bertz CT molecular complexity index is 1600. The van der Waals surface area contributed by atoms with Crippen LogP contribution in [-0.4, -0.2) is 67.7 Å². The molecule has 2 fully saturated rings. The Labute approximate surface area is 212 Å². The number of amides is 1. The highest BCUT2D eigenvalue weighted by Crippen LogP contribution is 2.45. The van der Waals surface area contributed by atoms with Crippen LogP contribution in [0.5, 0.6) is 0 Å². The Balaban J connectivity index is 1.27. The lowest BCUT2D eigenvalue weighted by Crippen LogP contribution is -2.46. The molecule has 2 aliphatic heterocycles. The zero-order chi connectivity index (χ0) is 25.3. The standard InChI is InChI=1S/C26H27N9O2/c1-26(2,37)20-6-3-14(11-28-20)19-12-31-35-23-18(7-8-27-23)21(32-24(19)35)15-9-16-4-5-17(10-15)34(16)25(36)22-29-13-30-33-22/h3,6-8,11-13,15-17,27,37H,4-5,9-10H2,1-2H3,(H,29,30,33)/t15-,16-,17+. The molecule has 3 N–H and O–H groups in total. The number of hydrogen-bond donors (Lipinski definition) is 3. The molecule has 11 nitrogen and oxygen atoms in total. The normalized spacial score (nSPS) is 21.8. The monoisotopic (exact) mass is 497 g/mol. The summed E-state index contributed by atoms with van der Waals surface area (Å²) in [6, 6.07) is 6.14. The van der Waals surface area contributed by atoms with Crippen molar-refractivity contribution in [1.29, 1.82) is 0 Å². The number of nitrogens with one attached hydrogen (secondary N) is 2. The number of rotatable bonds is 4. The van der Waals surface area contributed by atoms with Crippen LogP contribution in [0.4, 0.5) is 0 Å². The maximum atomic E-state index is 13.1. The summed E-state index contributed by atoms with van der Waals surface area (Å²) in [5, 5.41) is 22.6. The van der Waals surface area contributed by atoms with E-state index in [0.717, 1.165) is 59.2 Å². The van der Waals surface area contributed by atoms with Crippen molar-refractivity contribution in [2.45, 2.75) is 63.1 Å². The molecule has 0 aliphatic carbocycles. The van der Waals surface area contributed by atoms with Crippen LogP contribution in [0, 0.1) is 0 Å². The van der Waals surface area contributed by atoms with Gasteiger partial charge in [-0.1, -0.05) is 6.07 Å². The van der Waals surface area contributed by atoms with Crippen molar-refractivity contribution in [3.8, 4) is 11.1 Å². The number of H-pyrrole nitrogens is 2. The molecule has 7 rings (SSSR count). The molecule has 0 unspecified atom stereocenters. The van der Waals surface area contributed by atoms with Gasteiger partial charge in [-0.2, -0.15) is 9.61 Å². The number of carbonyl (C=O) groups excluding carboxylic acids is 1. The van der Waals surface area contributed by atoms with Gasteiger partial charge in [-0.25, -0.2) is 9.97 Å². The Hall–Kier alpha value is -4.12. The van der Waals surface area contributed by atoms with Gasteiger partial charge in [0.15, 0.2) is 5.65 Å². The smallest absolute Gasteiger partial charge is 0.294 e. The summed E-state index contributed by atoms with van der Waals surface area (Å²) >= 11 is 0. The number of carbonyl (C=O) groups is 1. The molecule has 188 valence electrons. The van der Waals surface area contributed by atoms with Crippen LogP contribution in [0.25, 0.3) is 27.8 Å². The summed E-state index contributed by atoms with van der Waals surface area (Å²) in [6.45, 7) is 3.44. The van der Waals surface area contributed by atoms with Gasteiger partial charge in [0.05, 0.1) is 17.6 Å². The highest BCUT2D eigenvalue weighted by atomic mass is 16.3. The molecule has 2 saturated heterocycles. The summed E-state index contributed by atoms with van der Waals surface area (Å²) in [5.74, 6) is 0.356. The highest BCUT2D eigenvalue weighted by Gasteiger charge is 2.45. The van der Waals surface area contributed by atoms with Gasteiger partial charge >= 0.3 is 0 Å². The highest BCUT2D eigenvalue weighted by molar-refractivity contribution is 5.91. The molecule has 37 heavy (non-hydrogen) atoms. The van der Waals surface area contributed by atoms with Gasteiger partial charge in [-0.05, 0) is 51.7 Å². The third-order valence-electron chi connectivity index (χ3n) is 7.85.